The fourth-order valence-electron chi connectivity index (χ4n) is 3.63. The van der Waals surface area contributed by atoms with Crippen LogP contribution in [0.15, 0.2) is 77.3 Å². The van der Waals surface area contributed by atoms with E-state index < -0.39 is 0 Å². The van der Waals surface area contributed by atoms with Crippen LogP contribution >= 0.6 is 15.9 Å². The third-order valence-corrected chi connectivity index (χ3v) is 5.90. The Morgan fingerprint density at radius 3 is 2.32 bits per heavy atom. The quantitative estimate of drug-likeness (QED) is 0.488. The zero-order valence-electron chi connectivity index (χ0n) is 17.1. The number of hydrogen-bond donors (Lipinski definition) is 0. The molecule has 160 valence electrons. The van der Waals surface area contributed by atoms with Crippen LogP contribution in [0, 0.1) is 5.82 Å². The summed E-state index contributed by atoms with van der Waals surface area (Å²) in [4.78, 5) is 17.2. The van der Waals surface area contributed by atoms with Gasteiger partial charge in [-0.15, -0.1) is 0 Å². The highest BCUT2D eigenvalue weighted by atomic mass is 79.9. The summed E-state index contributed by atoms with van der Waals surface area (Å²) < 4.78 is 19.9. The highest BCUT2D eigenvalue weighted by Crippen LogP contribution is 2.18. The molecule has 1 amide bonds. The summed E-state index contributed by atoms with van der Waals surface area (Å²) in [5.41, 5.74) is 2.73. The maximum absolute atomic E-state index is 13.1. The first-order chi connectivity index (χ1) is 15.1. The van der Waals surface area contributed by atoms with Crippen molar-refractivity contribution >= 4 is 21.8 Å². The average molecular weight is 483 g/mol. The fourth-order valence-corrected chi connectivity index (χ4v) is 3.90. The lowest BCUT2D eigenvalue weighted by atomic mass is 10.1. The van der Waals surface area contributed by atoms with Gasteiger partial charge in [-0.25, -0.2) is 4.39 Å². The van der Waals surface area contributed by atoms with Crippen molar-refractivity contribution in [2.24, 2.45) is 0 Å². The summed E-state index contributed by atoms with van der Waals surface area (Å²) in [7, 11) is 0. The second-order valence-electron chi connectivity index (χ2n) is 7.64. The number of amides is 1. The minimum Gasteiger partial charge on any atom is -0.489 e. The Hall–Kier alpha value is -2.70. The Bertz CT molecular complexity index is 1020. The van der Waals surface area contributed by atoms with E-state index in [1.54, 1.807) is 0 Å². The molecule has 0 saturated carbocycles. The number of carbonyl (C=O) groups excluding carboxylic acids is 1. The topological polar surface area (TPSA) is 32.8 Å². The smallest absolute Gasteiger partial charge is 0.253 e. The lowest BCUT2D eigenvalue weighted by Crippen LogP contribution is -2.48. The molecule has 0 unspecified atom stereocenters. The molecule has 0 aromatic heterocycles. The predicted octanol–water partition coefficient (Wildman–Crippen LogP) is 5.13. The largest absolute Gasteiger partial charge is 0.489 e. The third-order valence-electron chi connectivity index (χ3n) is 5.37. The van der Waals surface area contributed by atoms with Crippen LogP contribution in [-0.2, 0) is 13.2 Å². The standard InChI is InChI=1S/C25H24BrFN2O2/c26-22-6-10-24(11-7-22)31-18-20-2-1-3-21(16-20)25(30)29-14-12-28(13-15-29)17-19-4-8-23(27)9-5-19/h1-11,16H,12-15,17-18H2. The van der Waals surface area contributed by atoms with Crippen molar-refractivity contribution in [1.29, 1.82) is 0 Å². The van der Waals surface area contributed by atoms with Gasteiger partial charge in [0.15, 0.2) is 0 Å². The zero-order valence-corrected chi connectivity index (χ0v) is 18.7. The predicted molar refractivity (Wildman–Crippen MR) is 122 cm³/mol. The second-order valence-corrected chi connectivity index (χ2v) is 8.55. The van der Waals surface area contributed by atoms with Gasteiger partial charge >= 0.3 is 0 Å². The van der Waals surface area contributed by atoms with Gasteiger partial charge in [0.05, 0.1) is 0 Å². The molecule has 1 saturated heterocycles. The third kappa shape index (κ3) is 5.93. The molecule has 4 nitrogen and oxygen atoms in total. The molecule has 4 rings (SSSR count). The summed E-state index contributed by atoms with van der Waals surface area (Å²) in [6.07, 6.45) is 0. The molecular weight excluding hydrogens is 459 g/mol. The van der Waals surface area contributed by atoms with Gasteiger partial charge in [0.1, 0.15) is 18.2 Å². The highest BCUT2D eigenvalue weighted by Gasteiger charge is 2.22. The molecule has 0 N–H and O–H groups in total. The molecule has 0 bridgehead atoms. The van der Waals surface area contributed by atoms with Crippen LogP contribution in [0.3, 0.4) is 0 Å². The normalized spacial score (nSPS) is 14.5. The molecule has 3 aromatic rings. The summed E-state index contributed by atoms with van der Waals surface area (Å²) in [5.74, 6) is 0.618. The Balaban J connectivity index is 1.30. The first kappa shape index (κ1) is 21.5. The van der Waals surface area contributed by atoms with Crippen LogP contribution < -0.4 is 4.74 Å². The molecule has 31 heavy (non-hydrogen) atoms. The molecule has 1 aliphatic rings. The molecule has 0 atom stereocenters. The Labute approximate surface area is 190 Å². The molecule has 1 fully saturated rings. The second kappa shape index (κ2) is 10.1. The van der Waals surface area contributed by atoms with Crippen LogP contribution in [-0.4, -0.2) is 41.9 Å². The van der Waals surface area contributed by atoms with Gasteiger partial charge in [-0.05, 0) is 59.7 Å². The molecule has 6 heteroatoms. The number of benzene rings is 3. The molecule has 0 spiro atoms. The van der Waals surface area contributed by atoms with E-state index in [1.165, 1.54) is 12.1 Å². The summed E-state index contributed by atoms with van der Waals surface area (Å²) in [6, 6.07) is 21.9. The number of halogens is 2. The highest BCUT2D eigenvalue weighted by molar-refractivity contribution is 9.10. The lowest BCUT2D eigenvalue weighted by Gasteiger charge is -2.34. The molecule has 3 aromatic carbocycles. The van der Waals surface area contributed by atoms with Crippen molar-refractivity contribution < 1.29 is 13.9 Å². The van der Waals surface area contributed by atoms with Gasteiger partial charge in [-0.2, -0.15) is 0 Å². The molecular formula is C25H24BrFN2O2. The van der Waals surface area contributed by atoms with E-state index in [4.69, 9.17) is 4.74 Å². The number of rotatable bonds is 6. The number of carbonyl (C=O) groups is 1. The van der Waals surface area contributed by atoms with Crippen molar-refractivity contribution in [3.8, 4) is 5.75 Å². The average Bonchev–Trinajstić information content (AvgIpc) is 2.80. The fraction of sp³-hybridized carbons (Fsp3) is 0.240. The number of nitrogens with zero attached hydrogens (tertiary/aromatic N) is 2. The van der Waals surface area contributed by atoms with E-state index in [1.807, 2.05) is 65.6 Å². The van der Waals surface area contributed by atoms with Crippen LogP contribution in [0.4, 0.5) is 4.39 Å². The van der Waals surface area contributed by atoms with E-state index in [0.29, 0.717) is 25.3 Å². The monoisotopic (exact) mass is 482 g/mol. The van der Waals surface area contributed by atoms with E-state index in [0.717, 1.165) is 41.0 Å². The van der Waals surface area contributed by atoms with Gasteiger partial charge in [0.2, 0.25) is 0 Å². The van der Waals surface area contributed by atoms with E-state index in [-0.39, 0.29) is 11.7 Å². The summed E-state index contributed by atoms with van der Waals surface area (Å²) in [6.45, 7) is 4.14. The van der Waals surface area contributed by atoms with E-state index >= 15 is 0 Å². The van der Waals surface area contributed by atoms with Crippen molar-refractivity contribution in [3.63, 3.8) is 0 Å². The molecule has 1 heterocycles. The van der Waals surface area contributed by atoms with E-state index in [2.05, 4.69) is 20.8 Å². The minimum absolute atomic E-state index is 0.0481. The maximum Gasteiger partial charge on any atom is 0.253 e. The van der Waals surface area contributed by atoms with Gasteiger partial charge in [0, 0.05) is 42.8 Å². The summed E-state index contributed by atoms with van der Waals surface area (Å²) in [5, 5.41) is 0. The molecule has 0 aliphatic carbocycles. The first-order valence-electron chi connectivity index (χ1n) is 10.3. The van der Waals surface area contributed by atoms with Gasteiger partial charge in [-0.3, -0.25) is 9.69 Å². The number of piperazine rings is 1. The van der Waals surface area contributed by atoms with Gasteiger partial charge in [0.25, 0.3) is 5.91 Å². The van der Waals surface area contributed by atoms with Crippen molar-refractivity contribution in [2.45, 2.75) is 13.2 Å². The first-order valence-corrected chi connectivity index (χ1v) is 11.1. The summed E-state index contributed by atoms with van der Waals surface area (Å²) >= 11 is 3.41. The van der Waals surface area contributed by atoms with Crippen molar-refractivity contribution in [3.05, 3.63) is 99.8 Å². The SMILES string of the molecule is O=C(c1cccc(COc2ccc(Br)cc2)c1)N1CCN(Cc2ccc(F)cc2)CC1. The number of hydrogen-bond acceptors (Lipinski definition) is 3. The zero-order chi connectivity index (χ0) is 21.6. The Kier molecular flexibility index (Phi) is 6.99. The molecule has 0 radical (unpaired) electrons. The Morgan fingerprint density at radius 2 is 1.61 bits per heavy atom. The molecule has 1 aliphatic heterocycles. The van der Waals surface area contributed by atoms with Crippen LogP contribution in [0.2, 0.25) is 0 Å². The van der Waals surface area contributed by atoms with Crippen LogP contribution in [0.5, 0.6) is 5.75 Å². The lowest BCUT2D eigenvalue weighted by molar-refractivity contribution is 0.0628. The van der Waals surface area contributed by atoms with E-state index in [9.17, 15) is 9.18 Å². The van der Waals surface area contributed by atoms with Gasteiger partial charge < -0.3 is 9.64 Å². The van der Waals surface area contributed by atoms with Crippen LogP contribution in [0.25, 0.3) is 0 Å². The minimum atomic E-state index is -0.219. The Morgan fingerprint density at radius 1 is 0.903 bits per heavy atom. The van der Waals surface area contributed by atoms with Gasteiger partial charge in [-0.1, -0.05) is 40.2 Å². The maximum atomic E-state index is 13.1. The van der Waals surface area contributed by atoms with Crippen molar-refractivity contribution in [1.82, 2.24) is 9.80 Å². The van der Waals surface area contributed by atoms with Crippen LogP contribution in [0.1, 0.15) is 21.5 Å². The number of ether oxygens (including phenoxy) is 1. The van der Waals surface area contributed by atoms with Crippen molar-refractivity contribution in [2.75, 3.05) is 26.2 Å².